The summed E-state index contributed by atoms with van der Waals surface area (Å²) in [7, 11) is 0. The van der Waals surface area contributed by atoms with Crippen LogP contribution in [-0.4, -0.2) is 19.3 Å². The molecular formula is C12H14O3. The van der Waals surface area contributed by atoms with Gasteiger partial charge in [0.05, 0.1) is 6.10 Å². The van der Waals surface area contributed by atoms with Crippen molar-refractivity contribution in [3.05, 3.63) is 23.3 Å². The van der Waals surface area contributed by atoms with E-state index in [9.17, 15) is 0 Å². The second-order valence-corrected chi connectivity index (χ2v) is 4.11. The number of hydrogen-bond acceptors (Lipinski definition) is 3. The van der Waals surface area contributed by atoms with E-state index in [1.165, 1.54) is 11.1 Å². The highest BCUT2D eigenvalue weighted by Gasteiger charge is 2.37. The summed E-state index contributed by atoms with van der Waals surface area (Å²) in [6.07, 6.45) is 0.590. The first-order chi connectivity index (χ1) is 7.25. The molecular weight excluding hydrogens is 192 g/mol. The van der Waals surface area contributed by atoms with Crippen LogP contribution in [0.3, 0.4) is 0 Å². The van der Waals surface area contributed by atoms with Gasteiger partial charge in [-0.05, 0) is 37.1 Å². The molecule has 2 heterocycles. The molecule has 3 heteroatoms. The number of ether oxygens (including phenoxy) is 3. The van der Waals surface area contributed by atoms with E-state index in [1.54, 1.807) is 0 Å². The van der Waals surface area contributed by atoms with Crippen LogP contribution in [0.5, 0.6) is 11.5 Å². The normalized spacial score (nSPS) is 27.6. The second kappa shape index (κ2) is 3.14. The smallest absolute Gasteiger partial charge is 0.161 e. The van der Waals surface area contributed by atoms with Crippen molar-refractivity contribution in [2.45, 2.75) is 26.1 Å². The van der Waals surface area contributed by atoms with Crippen molar-refractivity contribution in [1.29, 1.82) is 0 Å². The fraction of sp³-hybridized carbons (Fsp3) is 0.500. The quantitative estimate of drug-likeness (QED) is 0.660. The molecule has 15 heavy (non-hydrogen) atoms. The summed E-state index contributed by atoms with van der Waals surface area (Å²) in [4.78, 5) is 0. The predicted molar refractivity (Wildman–Crippen MR) is 55.5 cm³/mol. The number of rotatable bonds is 1. The van der Waals surface area contributed by atoms with Gasteiger partial charge >= 0.3 is 0 Å². The van der Waals surface area contributed by atoms with Crippen LogP contribution in [0.1, 0.15) is 24.2 Å². The number of epoxide rings is 1. The maximum Gasteiger partial charge on any atom is 0.161 e. The highest BCUT2D eigenvalue weighted by molar-refractivity contribution is 5.49. The van der Waals surface area contributed by atoms with Crippen LogP contribution < -0.4 is 9.47 Å². The van der Waals surface area contributed by atoms with Crippen molar-refractivity contribution < 1.29 is 14.2 Å². The molecule has 1 fully saturated rings. The Morgan fingerprint density at radius 2 is 1.73 bits per heavy atom. The number of aryl methyl sites for hydroxylation is 1. The summed E-state index contributed by atoms with van der Waals surface area (Å²) in [5.74, 6) is 1.71. The van der Waals surface area contributed by atoms with Gasteiger partial charge in [0.1, 0.15) is 19.3 Å². The third kappa shape index (κ3) is 1.47. The summed E-state index contributed by atoms with van der Waals surface area (Å²) < 4.78 is 16.6. The highest BCUT2D eigenvalue weighted by atomic mass is 16.6. The van der Waals surface area contributed by atoms with E-state index in [-0.39, 0.29) is 6.10 Å². The fourth-order valence-corrected chi connectivity index (χ4v) is 2.02. The third-order valence-corrected chi connectivity index (χ3v) is 2.95. The zero-order valence-corrected chi connectivity index (χ0v) is 8.95. The molecule has 0 radical (unpaired) electrons. The molecule has 2 aliphatic rings. The summed E-state index contributed by atoms with van der Waals surface area (Å²) in [5, 5.41) is 0. The topological polar surface area (TPSA) is 31.0 Å². The van der Waals surface area contributed by atoms with Crippen molar-refractivity contribution in [3.8, 4) is 11.5 Å². The van der Waals surface area contributed by atoms with Gasteiger partial charge in [-0.15, -0.1) is 0 Å². The molecule has 3 rings (SSSR count). The lowest BCUT2D eigenvalue weighted by molar-refractivity contribution is 0.171. The molecule has 0 aliphatic carbocycles. The standard InChI is InChI=1S/C12H14O3/c1-7-5-10-11(14-4-3-13-10)6-9(7)12-8(2)15-12/h5-6,8,12H,3-4H2,1-2H3. The largest absolute Gasteiger partial charge is 0.486 e. The van der Waals surface area contributed by atoms with E-state index in [0.29, 0.717) is 19.3 Å². The van der Waals surface area contributed by atoms with Gasteiger partial charge in [0, 0.05) is 0 Å². The van der Waals surface area contributed by atoms with Crippen LogP contribution in [0.25, 0.3) is 0 Å². The molecule has 0 bridgehead atoms. The molecule has 80 valence electrons. The maximum atomic E-state index is 5.55. The Kier molecular flexibility index (Phi) is 1.89. The fourth-order valence-electron chi connectivity index (χ4n) is 2.02. The molecule has 2 atom stereocenters. The van der Waals surface area contributed by atoms with E-state index in [0.717, 1.165) is 11.5 Å². The zero-order chi connectivity index (χ0) is 10.4. The first kappa shape index (κ1) is 9.04. The number of fused-ring (bicyclic) bond motifs is 1. The Morgan fingerprint density at radius 3 is 2.33 bits per heavy atom. The number of hydrogen-bond donors (Lipinski definition) is 0. The lowest BCUT2D eigenvalue weighted by Crippen LogP contribution is -2.15. The summed E-state index contributed by atoms with van der Waals surface area (Å²) in [5.41, 5.74) is 2.44. The van der Waals surface area contributed by atoms with Gasteiger partial charge < -0.3 is 14.2 Å². The van der Waals surface area contributed by atoms with Crippen molar-refractivity contribution in [2.24, 2.45) is 0 Å². The van der Waals surface area contributed by atoms with Gasteiger partial charge in [0.15, 0.2) is 11.5 Å². The first-order valence-electron chi connectivity index (χ1n) is 5.31. The summed E-state index contributed by atoms with van der Waals surface area (Å²) in [6.45, 7) is 5.45. The van der Waals surface area contributed by atoms with Crippen molar-refractivity contribution in [2.75, 3.05) is 13.2 Å². The second-order valence-electron chi connectivity index (χ2n) is 4.11. The molecule has 1 aromatic carbocycles. The zero-order valence-electron chi connectivity index (χ0n) is 8.95. The molecule has 1 aromatic rings. The van der Waals surface area contributed by atoms with Crippen LogP contribution in [0, 0.1) is 6.92 Å². The van der Waals surface area contributed by atoms with Gasteiger partial charge in [0.2, 0.25) is 0 Å². The highest BCUT2D eigenvalue weighted by Crippen LogP contribution is 2.43. The molecule has 0 amide bonds. The predicted octanol–water partition coefficient (Wildman–Crippen LogP) is 2.23. The van der Waals surface area contributed by atoms with Gasteiger partial charge in [-0.2, -0.15) is 0 Å². The Balaban J connectivity index is 2.01. The molecule has 0 saturated carbocycles. The van der Waals surface area contributed by atoms with E-state index in [1.807, 2.05) is 6.07 Å². The van der Waals surface area contributed by atoms with Gasteiger partial charge in [-0.1, -0.05) is 0 Å². The Bertz CT molecular complexity index is 400. The van der Waals surface area contributed by atoms with Crippen molar-refractivity contribution in [1.82, 2.24) is 0 Å². The lowest BCUT2D eigenvalue weighted by Gasteiger charge is -2.20. The molecule has 3 nitrogen and oxygen atoms in total. The minimum atomic E-state index is 0.251. The third-order valence-electron chi connectivity index (χ3n) is 2.95. The molecule has 1 saturated heterocycles. The molecule has 2 aliphatic heterocycles. The van der Waals surface area contributed by atoms with Crippen molar-refractivity contribution >= 4 is 0 Å². The van der Waals surface area contributed by atoms with Gasteiger partial charge in [-0.3, -0.25) is 0 Å². The Hall–Kier alpha value is -1.22. The average Bonchev–Trinajstić information content (AvgIpc) is 2.94. The summed E-state index contributed by atoms with van der Waals surface area (Å²) >= 11 is 0. The minimum absolute atomic E-state index is 0.251. The average molecular weight is 206 g/mol. The molecule has 0 spiro atoms. The SMILES string of the molecule is Cc1cc2c(cc1C1OC1C)OCCO2. The molecule has 0 N–H and O–H groups in total. The van der Waals surface area contributed by atoms with E-state index >= 15 is 0 Å². The maximum absolute atomic E-state index is 5.55. The van der Waals surface area contributed by atoms with Gasteiger partial charge in [-0.25, -0.2) is 0 Å². The Labute approximate surface area is 89.0 Å². The first-order valence-corrected chi connectivity index (χ1v) is 5.31. The summed E-state index contributed by atoms with van der Waals surface area (Å²) in [6, 6.07) is 4.09. The van der Waals surface area contributed by atoms with Crippen molar-refractivity contribution in [3.63, 3.8) is 0 Å². The number of benzene rings is 1. The molecule has 0 aromatic heterocycles. The van der Waals surface area contributed by atoms with Crippen LogP contribution in [-0.2, 0) is 4.74 Å². The van der Waals surface area contributed by atoms with Crippen LogP contribution in [0.4, 0.5) is 0 Å². The van der Waals surface area contributed by atoms with Crippen LogP contribution in [0.15, 0.2) is 12.1 Å². The lowest BCUT2D eigenvalue weighted by atomic mass is 10.0. The minimum Gasteiger partial charge on any atom is -0.486 e. The van der Waals surface area contributed by atoms with Crippen LogP contribution >= 0.6 is 0 Å². The monoisotopic (exact) mass is 206 g/mol. The van der Waals surface area contributed by atoms with E-state index < -0.39 is 0 Å². The van der Waals surface area contributed by atoms with Gasteiger partial charge in [0.25, 0.3) is 0 Å². The Morgan fingerprint density at radius 1 is 1.13 bits per heavy atom. The van der Waals surface area contributed by atoms with E-state index in [2.05, 4.69) is 19.9 Å². The van der Waals surface area contributed by atoms with Crippen LogP contribution in [0.2, 0.25) is 0 Å². The van der Waals surface area contributed by atoms with E-state index in [4.69, 9.17) is 14.2 Å². The molecule has 2 unspecified atom stereocenters.